The number of aromatic carboxylic acids is 1. The highest BCUT2D eigenvalue weighted by Gasteiger charge is 2.11. The highest BCUT2D eigenvalue weighted by atomic mass is 16.5. The zero-order chi connectivity index (χ0) is 13.8. The van der Waals surface area contributed by atoms with Crippen molar-refractivity contribution in [2.24, 2.45) is 0 Å². The number of ether oxygens (including phenoxy) is 1. The number of benzene rings is 1. The molecular formula is C13H13N3O3. The van der Waals surface area contributed by atoms with Crippen molar-refractivity contribution in [3.63, 3.8) is 0 Å². The second kappa shape index (κ2) is 5.26. The highest BCUT2D eigenvalue weighted by Crippen LogP contribution is 2.26. The minimum atomic E-state index is -1.06. The van der Waals surface area contributed by atoms with Crippen LogP contribution in [0.5, 0.6) is 5.88 Å². The molecular weight excluding hydrogens is 246 g/mol. The number of hydrogen-bond donors (Lipinski definition) is 3. The Balaban J connectivity index is 2.27. The number of hydrogen-bond acceptors (Lipinski definition) is 5. The Hall–Kier alpha value is -2.76. The minimum Gasteiger partial charge on any atom is -0.481 e. The van der Waals surface area contributed by atoms with Crippen LogP contribution >= 0.6 is 0 Å². The summed E-state index contributed by atoms with van der Waals surface area (Å²) >= 11 is 0. The molecule has 0 bridgehead atoms. The van der Waals surface area contributed by atoms with Crippen molar-refractivity contribution in [1.82, 2.24) is 4.98 Å². The van der Waals surface area contributed by atoms with E-state index in [1.165, 1.54) is 13.2 Å². The van der Waals surface area contributed by atoms with Gasteiger partial charge in [0, 0.05) is 6.07 Å². The summed E-state index contributed by atoms with van der Waals surface area (Å²) in [6.07, 6.45) is 1.58. The maximum absolute atomic E-state index is 11.0. The van der Waals surface area contributed by atoms with Gasteiger partial charge in [0.05, 0.1) is 35.9 Å². The van der Waals surface area contributed by atoms with Gasteiger partial charge >= 0.3 is 5.97 Å². The molecule has 0 atom stereocenters. The maximum atomic E-state index is 11.0. The number of carbonyl (C=O) groups is 1. The normalized spacial score (nSPS) is 9.95. The standard InChI is InChI=1S/C13H13N3O3/c1-19-11-6-5-8(7-15-11)16-10-4-2-3-9(12(10)14)13(17)18/h2-7,16H,14H2,1H3,(H,17,18). The van der Waals surface area contributed by atoms with Crippen molar-refractivity contribution >= 4 is 23.0 Å². The van der Waals surface area contributed by atoms with Crippen LogP contribution < -0.4 is 15.8 Å². The molecule has 98 valence electrons. The van der Waals surface area contributed by atoms with Crippen LogP contribution in [0.15, 0.2) is 36.5 Å². The number of carboxylic acid groups (broad SMARTS) is 1. The molecule has 0 saturated heterocycles. The molecule has 4 N–H and O–H groups in total. The van der Waals surface area contributed by atoms with Gasteiger partial charge in [-0.15, -0.1) is 0 Å². The van der Waals surface area contributed by atoms with Gasteiger partial charge < -0.3 is 20.9 Å². The largest absolute Gasteiger partial charge is 0.481 e. The van der Waals surface area contributed by atoms with Crippen molar-refractivity contribution in [2.45, 2.75) is 0 Å². The lowest BCUT2D eigenvalue weighted by atomic mass is 10.1. The smallest absolute Gasteiger partial charge is 0.337 e. The van der Waals surface area contributed by atoms with Gasteiger partial charge in [-0.25, -0.2) is 9.78 Å². The summed E-state index contributed by atoms with van der Waals surface area (Å²) in [4.78, 5) is 15.0. The summed E-state index contributed by atoms with van der Waals surface area (Å²) in [6.45, 7) is 0. The van der Waals surface area contributed by atoms with Crippen LogP contribution in [-0.2, 0) is 0 Å². The number of rotatable bonds is 4. The first-order chi connectivity index (χ1) is 9.11. The molecule has 0 amide bonds. The number of nitrogens with zero attached hydrogens (tertiary/aromatic N) is 1. The monoisotopic (exact) mass is 259 g/mol. The van der Waals surface area contributed by atoms with E-state index in [-0.39, 0.29) is 11.3 Å². The van der Waals surface area contributed by atoms with Crippen LogP contribution in [0.25, 0.3) is 0 Å². The zero-order valence-electron chi connectivity index (χ0n) is 10.3. The number of carboxylic acids is 1. The Kier molecular flexibility index (Phi) is 3.51. The van der Waals surface area contributed by atoms with E-state index in [4.69, 9.17) is 15.6 Å². The van der Waals surface area contributed by atoms with Crippen LogP contribution in [0, 0.1) is 0 Å². The van der Waals surface area contributed by atoms with E-state index >= 15 is 0 Å². The molecule has 1 heterocycles. The SMILES string of the molecule is COc1ccc(Nc2cccc(C(=O)O)c2N)cn1. The summed E-state index contributed by atoms with van der Waals surface area (Å²) in [5.41, 5.74) is 7.26. The van der Waals surface area contributed by atoms with E-state index in [1.807, 2.05) is 0 Å². The van der Waals surface area contributed by atoms with E-state index in [2.05, 4.69) is 10.3 Å². The van der Waals surface area contributed by atoms with Crippen LogP contribution in [-0.4, -0.2) is 23.2 Å². The highest BCUT2D eigenvalue weighted by molar-refractivity contribution is 5.97. The number of nitrogens with one attached hydrogen (secondary N) is 1. The third-order valence-corrected chi connectivity index (χ3v) is 2.56. The molecule has 0 radical (unpaired) electrons. The van der Waals surface area contributed by atoms with Gasteiger partial charge in [-0.1, -0.05) is 6.07 Å². The van der Waals surface area contributed by atoms with Crippen molar-refractivity contribution < 1.29 is 14.6 Å². The molecule has 0 unspecified atom stereocenters. The van der Waals surface area contributed by atoms with E-state index in [9.17, 15) is 4.79 Å². The fourth-order valence-electron chi connectivity index (χ4n) is 1.59. The van der Waals surface area contributed by atoms with E-state index in [0.29, 0.717) is 17.3 Å². The zero-order valence-corrected chi connectivity index (χ0v) is 10.3. The number of aromatic nitrogens is 1. The lowest BCUT2D eigenvalue weighted by Crippen LogP contribution is -2.05. The minimum absolute atomic E-state index is 0.0615. The van der Waals surface area contributed by atoms with Crippen LogP contribution in [0.3, 0.4) is 0 Å². The Morgan fingerprint density at radius 2 is 2.16 bits per heavy atom. The Morgan fingerprint density at radius 3 is 2.74 bits per heavy atom. The number of anilines is 3. The van der Waals surface area contributed by atoms with E-state index in [0.717, 1.165) is 0 Å². The van der Waals surface area contributed by atoms with Gasteiger partial charge in [-0.05, 0) is 18.2 Å². The molecule has 0 fully saturated rings. The number of nitrogen functional groups attached to an aromatic ring is 1. The first kappa shape index (κ1) is 12.7. The summed E-state index contributed by atoms with van der Waals surface area (Å²) in [5.74, 6) is -0.563. The molecule has 0 aliphatic rings. The maximum Gasteiger partial charge on any atom is 0.337 e. The van der Waals surface area contributed by atoms with Gasteiger partial charge in [-0.3, -0.25) is 0 Å². The van der Waals surface area contributed by atoms with Crippen LogP contribution in [0.2, 0.25) is 0 Å². The Bertz CT molecular complexity index is 597. The number of nitrogens with two attached hydrogens (primary N) is 1. The fraction of sp³-hybridized carbons (Fsp3) is 0.0769. The lowest BCUT2D eigenvalue weighted by molar-refractivity contribution is 0.0698. The van der Waals surface area contributed by atoms with E-state index in [1.54, 1.807) is 30.5 Å². The molecule has 0 aliphatic carbocycles. The molecule has 6 heteroatoms. The fourth-order valence-corrected chi connectivity index (χ4v) is 1.59. The molecule has 6 nitrogen and oxygen atoms in total. The average Bonchev–Trinajstić information content (AvgIpc) is 2.41. The number of methoxy groups -OCH3 is 1. The summed E-state index contributed by atoms with van der Waals surface area (Å²) < 4.78 is 4.95. The van der Waals surface area contributed by atoms with Crippen molar-refractivity contribution in [3.8, 4) is 5.88 Å². The van der Waals surface area contributed by atoms with Gasteiger partial charge in [0.15, 0.2) is 0 Å². The summed E-state index contributed by atoms with van der Waals surface area (Å²) in [5, 5.41) is 12.0. The second-order valence-electron chi connectivity index (χ2n) is 3.79. The second-order valence-corrected chi connectivity index (χ2v) is 3.79. The molecule has 0 spiro atoms. The van der Waals surface area contributed by atoms with Gasteiger partial charge in [0.2, 0.25) is 5.88 Å². The predicted molar refractivity (Wildman–Crippen MR) is 71.9 cm³/mol. The number of para-hydroxylation sites is 1. The van der Waals surface area contributed by atoms with Crippen LogP contribution in [0.4, 0.5) is 17.1 Å². The Labute approximate surface area is 109 Å². The van der Waals surface area contributed by atoms with Gasteiger partial charge in [0.25, 0.3) is 0 Å². The summed E-state index contributed by atoms with van der Waals surface area (Å²) in [7, 11) is 1.53. The number of pyridine rings is 1. The summed E-state index contributed by atoms with van der Waals surface area (Å²) in [6, 6.07) is 8.23. The first-order valence-corrected chi connectivity index (χ1v) is 5.50. The molecule has 2 rings (SSSR count). The predicted octanol–water partition coefficient (Wildman–Crippen LogP) is 2.11. The third-order valence-electron chi connectivity index (χ3n) is 2.56. The van der Waals surface area contributed by atoms with Crippen molar-refractivity contribution in [3.05, 3.63) is 42.1 Å². The first-order valence-electron chi connectivity index (χ1n) is 5.50. The third kappa shape index (κ3) is 2.74. The van der Waals surface area contributed by atoms with Crippen molar-refractivity contribution in [1.29, 1.82) is 0 Å². The topological polar surface area (TPSA) is 97.5 Å². The quantitative estimate of drug-likeness (QED) is 0.727. The Morgan fingerprint density at radius 1 is 1.37 bits per heavy atom. The van der Waals surface area contributed by atoms with Crippen LogP contribution in [0.1, 0.15) is 10.4 Å². The molecule has 19 heavy (non-hydrogen) atoms. The van der Waals surface area contributed by atoms with Gasteiger partial charge in [0.1, 0.15) is 0 Å². The van der Waals surface area contributed by atoms with Crippen molar-refractivity contribution in [2.75, 3.05) is 18.2 Å². The molecule has 1 aromatic carbocycles. The van der Waals surface area contributed by atoms with Gasteiger partial charge in [-0.2, -0.15) is 0 Å². The molecule has 0 saturated carbocycles. The molecule has 1 aromatic heterocycles. The molecule has 0 aliphatic heterocycles. The average molecular weight is 259 g/mol. The lowest BCUT2D eigenvalue weighted by Gasteiger charge is -2.11. The van der Waals surface area contributed by atoms with E-state index < -0.39 is 5.97 Å². The molecule has 2 aromatic rings.